The Morgan fingerprint density at radius 2 is 0.667 bits per heavy atom. The zero-order valence-electron chi connectivity index (χ0n) is 62.9. The molecule has 4 heterocycles. The van der Waals surface area contributed by atoms with Crippen LogP contribution in [0, 0.1) is 55.7 Å². The molecule has 11 rings (SSSR count). The van der Waals surface area contributed by atoms with Crippen LogP contribution in [-0.2, 0) is 13.1 Å². The van der Waals surface area contributed by atoms with Gasteiger partial charge in [-0.2, -0.15) is 0 Å². The molecule has 2 aromatic heterocycles. The fourth-order valence-electron chi connectivity index (χ4n) is 17.3. The Balaban J connectivity index is 0.865. The van der Waals surface area contributed by atoms with Gasteiger partial charge in [-0.05, 0) is 82.6 Å². The summed E-state index contributed by atoms with van der Waals surface area (Å²) in [4.78, 5) is 35.9. The molecule has 2 aliphatic heterocycles. The lowest BCUT2D eigenvalue weighted by Gasteiger charge is -2.27. The van der Waals surface area contributed by atoms with E-state index in [-0.39, 0.29) is 33.1 Å². The Morgan fingerprint density at radius 1 is 0.382 bits per heavy atom. The average Bonchev–Trinajstić information content (AvgIpc) is 1.04. The first kappa shape index (κ1) is 75.5. The molecular weight excluding hydrogens is 1260 g/mol. The number of rotatable bonds is 46. The molecule has 0 bridgehead atoms. The van der Waals surface area contributed by atoms with Gasteiger partial charge in [-0.1, -0.05) is 332 Å². The monoisotopic (exact) mass is 1380 g/mol. The van der Waals surface area contributed by atoms with Crippen molar-refractivity contribution in [2.75, 3.05) is 11.5 Å². The summed E-state index contributed by atoms with van der Waals surface area (Å²) >= 11 is 0. The predicted octanol–water partition coefficient (Wildman–Crippen LogP) is 26.7. The van der Waals surface area contributed by atoms with Gasteiger partial charge in [-0.25, -0.2) is 9.97 Å². The minimum Gasteiger partial charge on any atom is -0.398 e. The highest BCUT2D eigenvalue weighted by Gasteiger charge is 2.32. The molecule has 0 saturated carbocycles. The molecule has 9 aromatic rings. The van der Waals surface area contributed by atoms with Gasteiger partial charge in [0.25, 0.3) is 11.4 Å². The van der Waals surface area contributed by atoms with E-state index < -0.39 is 0 Å². The number of nitrogens with zero attached hydrogens (tertiary/aromatic N) is 6. The highest BCUT2D eigenvalue weighted by Crippen LogP contribution is 2.53. The molecular formula is C90H120N8O4. The number of hydrogen-bond acceptors (Lipinski definition) is 8. The molecule has 0 aliphatic carbocycles. The molecule has 12 nitrogen and oxygen atoms in total. The van der Waals surface area contributed by atoms with Gasteiger partial charge >= 0.3 is 0 Å². The minimum absolute atomic E-state index is 0.0116. The van der Waals surface area contributed by atoms with Gasteiger partial charge < -0.3 is 20.6 Å². The molecule has 0 atom stereocenters. The summed E-state index contributed by atoms with van der Waals surface area (Å²) in [5, 5.41) is 34.1. The van der Waals surface area contributed by atoms with Gasteiger partial charge in [-0.15, -0.1) is 0 Å². The second kappa shape index (κ2) is 38.2. The number of anilines is 2. The first-order chi connectivity index (χ1) is 50.0. The summed E-state index contributed by atoms with van der Waals surface area (Å²) in [6, 6.07) is 20.0. The summed E-state index contributed by atoms with van der Waals surface area (Å²) in [5.74, 6) is 15.9. The maximum atomic E-state index is 13.0. The molecule has 0 fully saturated rings. The van der Waals surface area contributed by atoms with Gasteiger partial charge in [0.05, 0.1) is 45.0 Å². The van der Waals surface area contributed by atoms with E-state index in [2.05, 4.69) is 96.9 Å². The van der Waals surface area contributed by atoms with Gasteiger partial charge in [-0.3, -0.25) is 20.2 Å². The molecule has 102 heavy (non-hydrogen) atoms. The van der Waals surface area contributed by atoms with E-state index in [4.69, 9.17) is 21.4 Å². The zero-order chi connectivity index (χ0) is 71.2. The van der Waals surface area contributed by atoms with Crippen LogP contribution in [0.5, 0.6) is 0 Å². The normalized spacial score (nSPS) is 12.5. The van der Waals surface area contributed by atoms with E-state index in [1.807, 2.05) is 12.1 Å². The maximum Gasteiger partial charge on any atom is 0.287 e. The number of hydrogen-bond donors (Lipinski definition) is 2. The Kier molecular flexibility index (Phi) is 28.2. The SMILES string of the molecule is CCCCCCCCCCCCC(C#Cc1cc2c(cc1[N+](=O)[O-])nc1n2Cc2ccc3c4c(N)cc5c6c(ccc(c7c(N)cc-1c2c37)c64)Cn1c-5nc2cc([N+](=O)[O-])c(C#CC(CCCCCCCCCCCC)CCCCCCCCCCCC)cc21)CCCCCCCCCCCC. The lowest BCUT2D eigenvalue weighted by atomic mass is 9.82. The Labute approximate surface area is 609 Å². The number of nitrogen functional groups attached to an aromatic ring is 2. The third kappa shape index (κ3) is 18.4. The summed E-state index contributed by atoms with van der Waals surface area (Å²) < 4.78 is 4.38. The minimum atomic E-state index is -0.292. The van der Waals surface area contributed by atoms with Crippen LogP contribution in [0.1, 0.15) is 332 Å². The average molecular weight is 1380 g/mol. The fourth-order valence-corrected chi connectivity index (χ4v) is 17.3. The number of benzene rings is 7. The van der Waals surface area contributed by atoms with Gasteiger partial charge in [0, 0.05) is 68.0 Å². The number of unbranched alkanes of at least 4 members (excludes halogenated alkanes) is 36. The number of fused-ring (bicyclic) bond motifs is 10. The maximum absolute atomic E-state index is 13.0. The van der Waals surface area contributed by atoms with E-state index in [0.29, 0.717) is 46.6 Å². The second-order valence-electron chi connectivity index (χ2n) is 30.9. The van der Waals surface area contributed by atoms with E-state index in [9.17, 15) is 20.2 Å². The van der Waals surface area contributed by atoms with Gasteiger partial charge in [0.1, 0.15) is 22.8 Å². The lowest BCUT2D eigenvalue weighted by molar-refractivity contribution is -0.385. The first-order valence-electron chi connectivity index (χ1n) is 41.2. The smallest absolute Gasteiger partial charge is 0.287 e. The van der Waals surface area contributed by atoms with Gasteiger partial charge in [0.2, 0.25) is 0 Å². The second-order valence-corrected chi connectivity index (χ2v) is 30.9. The molecule has 544 valence electrons. The number of nitro benzene ring substituents is 2. The molecule has 0 spiro atoms. The van der Waals surface area contributed by atoms with E-state index >= 15 is 0 Å². The van der Waals surface area contributed by atoms with Crippen LogP contribution in [-0.4, -0.2) is 28.9 Å². The number of nitro groups is 2. The van der Waals surface area contributed by atoms with Crippen LogP contribution in [0.15, 0.2) is 60.7 Å². The van der Waals surface area contributed by atoms with Crippen LogP contribution in [0.25, 0.3) is 87.9 Å². The van der Waals surface area contributed by atoms with Crippen molar-refractivity contribution >= 4 is 87.9 Å². The summed E-state index contributed by atoms with van der Waals surface area (Å²) in [6.45, 7) is 10.1. The lowest BCUT2D eigenvalue weighted by Crippen LogP contribution is -2.11. The predicted molar refractivity (Wildman–Crippen MR) is 432 cm³/mol. The van der Waals surface area contributed by atoms with Crippen molar-refractivity contribution in [2.24, 2.45) is 11.8 Å². The molecule has 4 N–H and O–H groups in total. The van der Waals surface area contributed by atoms with Crippen molar-refractivity contribution in [3.8, 4) is 46.5 Å². The Morgan fingerprint density at radius 3 is 0.951 bits per heavy atom. The summed E-state index contributed by atoms with van der Waals surface area (Å²) in [5.41, 5.74) is 23.6. The summed E-state index contributed by atoms with van der Waals surface area (Å²) in [7, 11) is 0. The van der Waals surface area contributed by atoms with Crippen LogP contribution in [0.3, 0.4) is 0 Å². The third-order valence-electron chi connectivity index (χ3n) is 23.0. The highest BCUT2D eigenvalue weighted by atomic mass is 16.6. The molecule has 2 aliphatic rings. The quantitative estimate of drug-likeness (QED) is 0.00721. The van der Waals surface area contributed by atoms with Crippen LogP contribution in [0.4, 0.5) is 22.7 Å². The van der Waals surface area contributed by atoms with Crippen molar-refractivity contribution in [3.05, 3.63) is 103 Å². The largest absolute Gasteiger partial charge is 0.398 e. The van der Waals surface area contributed by atoms with E-state index in [0.717, 1.165) is 139 Å². The zero-order valence-corrected chi connectivity index (χ0v) is 62.9. The topological polar surface area (TPSA) is 174 Å². The van der Waals surface area contributed by atoms with Crippen molar-refractivity contribution in [1.82, 2.24) is 19.1 Å². The molecule has 7 aromatic carbocycles. The van der Waals surface area contributed by atoms with Crippen molar-refractivity contribution in [2.45, 2.75) is 323 Å². The van der Waals surface area contributed by atoms with E-state index in [1.54, 1.807) is 12.1 Å². The fraction of sp³-hybridized carbons (Fsp3) is 0.578. The molecule has 0 saturated heterocycles. The highest BCUT2D eigenvalue weighted by molar-refractivity contribution is 6.40. The standard InChI is InChI=1S/C90H120N8O4/c1-5-9-13-17-21-25-29-33-37-41-45-65(46-42-38-34-30-26-22-18-14-10-6-2)49-51-67-57-81-77(61-79(67)97(99)100)93-89-73-59-75(91)85-72-56-54-70-64-96-82-58-68(52-50-66(47-43-39-35-31-27-23-19-15-11-7-3)48-44-40-36-32-28-24-20-16-12-8-4)80(98(101)102)62-78(82)94-90(96)74-60-76(92)86(88(72)84(70)74)71-55-53-69(63-95(81)89)83(73)87(71)85/h53-62,65-66H,5-48,63-64,91-92H2,1-4H3. The van der Waals surface area contributed by atoms with E-state index in [1.165, 1.54) is 231 Å². The Bertz CT molecular complexity index is 4090. The van der Waals surface area contributed by atoms with Crippen LogP contribution in [0.2, 0.25) is 0 Å². The van der Waals surface area contributed by atoms with Crippen LogP contribution < -0.4 is 11.5 Å². The number of nitrogens with two attached hydrogens (primary N) is 2. The molecule has 0 radical (unpaired) electrons. The summed E-state index contributed by atoms with van der Waals surface area (Å²) in [6.07, 6.45) is 55.5. The number of aromatic nitrogens is 4. The van der Waals surface area contributed by atoms with Crippen molar-refractivity contribution in [1.29, 1.82) is 0 Å². The van der Waals surface area contributed by atoms with Gasteiger partial charge in [0.15, 0.2) is 0 Å². The molecule has 0 amide bonds. The third-order valence-corrected chi connectivity index (χ3v) is 23.0. The number of imidazole rings is 2. The van der Waals surface area contributed by atoms with Crippen LogP contribution >= 0.6 is 0 Å². The van der Waals surface area contributed by atoms with Crippen molar-refractivity contribution in [3.63, 3.8) is 0 Å². The van der Waals surface area contributed by atoms with Crippen molar-refractivity contribution < 1.29 is 9.85 Å². The molecule has 12 heteroatoms. The Hall–Kier alpha value is -7.70. The molecule has 0 unspecified atom stereocenters. The first-order valence-corrected chi connectivity index (χ1v) is 41.2.